The standard InChI is InChI=1S/C11H20N4.ClH/c1-9-6-15(4-3-11(9)12)8-10-5-13-14(2)7-10;/h5,7,9,11H,3-4,6,8,12H2,1-2H3;1H. The minimum atomic E-state index is 0. The molecule has 2 heterocycles. The summed E-state index contributed by atoms with van der Waals surface area (Å²) in [7, 11) is 1.96. The minimum Gasteiger partial charge on any atom is -0.327 e. The number of halogens is 1. The summed E-state index contributed by atoms with van der Waals surface area (Å²) < 4.78 is 1.86. The summed E-state index contributed by atoms with van der Waals surface area (Å²) in [4.78, 5) is 2.46. The van der Waals surface area contributed by atoms with Crippen LogP contribution in [-0.2, 0) is 13.6 Å². The average molecular weight is 245 g/mol. The Kier molecular flexibility index (Phi) is 4.77. The molecule has 0 bridgehead atoms. The van der Waals surface area contributed by atoms with Gasteiger partial charge in [-0.05, 0) is 18.9 Å². The van der Waals surface area contributed by atoms with E-state index in [2.05, 4.69) is 23.1 Å². The molecule has 0 saturated carbocycles. The maximum Gasteiger partial charge on any atom is 0.0534 e. The number of aryl methyl sites for hydroxylation is 1. The quantitative estimate of drug-likeness (QED) is 0.845. The maximum atomic E-state index is 5.99. The van der Waals surface area contributed by atoms with E-state index in [0.717, 1.165) is 26.1 Å². The second kappa shape index (κ2) is 5.66. The molecule has 5 heteroatoms. The predicted octanol–water partition coefficient (Wildman–Crippen LogP) is 1.01. The van der Waals surface area contributed by atoms with E-state index in [1.54, 1.807) is 0 Å². The van der Waals surface area contributed by atoms with E-state index in [-0.39, 0.29) is 12.4 Å². The van der Waals surface area contributed by atoms with Crippen molar-refractivity contribution in [3.63, 3.8) is 0 Å². The first-order valence-corrected chi connectivity index (χ1v) is 5.60. The highest BCUT2D eigenvalue weighted by Crippen LogP contribution is 2.16. The van der Waals surface area contributed by atoms with E-state index >= 15 is 0 Å². The van der Waals surface area contributed by atoms with Gasteiger partial charge in [-0.3, -0.25) is 9.58 Å². The normalized spacial score (nSPS) is 26.4. The lowest BCUT2D eigenvalue weighted by Crippen LogP contribution is -2.45. The molecule has 2 unspecified atom stereocenters. The Labute approximate surface area is 103 Å². The molecular formula is C11H21ClN4. The zero-order valence-electron chi connectivity index (χ0n) is 9.97. The molecule has 1 aromatic rings. The van der Waals surface area contributed by atoms with Gasteiger partial charge in [0.2, 0.25) is 0 Å². The summed E-state index contributed by atoms with van der Waals surface area (Å²) in [5, 5.41) is 4.18. The van der Waals surface area contributed by atoms with Gasteiger partial charge in [-0.15, -0.1) is 12.4 Å². The molecule has 0 aromatic carbocycles. The molecule has 1 saturated heterocycles. The molecule has 1 aromatic heterocycles. The molecule has 4 nitrogen and oxygen atoms in total. The minimum absolute atomic E-state index is 0. The van der Waals surface area contributed by atoms with E-state index in [1.165, 1.54) is 5.56 Å². The Balaban J connectivity index is 0.00000128. The monoisotopic (exact) mass is 244 g/mol. The first-order valence-electron chi connectivity index (χ1n) is 5.60. The number of piperidine rings is 1. The molecule has 1 aliphatic rings. The molecule has 0 amide bonds. The van der Waals surface area contributed by atoms with Crippen LogP contribution in [0, 0.1) is 5.92 Å². The summed E-state index contributed by atoms with van der Waals surface area (Å²) >= 11 is 0. The van der Waals surface area contributed by atoms with Crippen molar-refractivity contribution in [3.05, 3.63) is 18.0 Å². The van der Waals surface area contributed by atoms with Crippen molar-refractivity contribution in [2.24, 2.45) is 18.7 Å². The first-order chi connectivity index (χ1) is 7.15. The molecule has 2 N–H and O–H groups in total. The number of nitrogens with two attached hydrogens (primary N) is 1. The number of hydrogen-bond acceptors (Lipinski definition) is 3. The van der Waals surface area contributed by atoms with Crippen LogP contribution in [0.25, 0.3) is 0 Å². The van der Waals surface area contributed by atoms with Gasteiger partial charge >= 0.3 is 0 Å². The SMILES string of the molecule is CC1CN(Cc2cnn(C)c2)CCC1N.Cl. The Hall–Kier alpha value is -0.580. The van der Waals surface area contributed by atoms with Gasteiger partial charge in [-0.25, -0.2) is 0 Å². The van der Waals surface area contributed by atoms with Gasteiger partial charge in [-0.2, -0.15) is 5.10 Å². The summed E-state index contributed by atoms with van der Waals surface area (Å²) in [6.45, 7) is 5.46. The predicted molar refractivity (Wildman–Crippen MR) is 67.5 cm³/mol. The van der Waals surface area contributed by atoms with Crippen molar-refractivity contribution in [2.75, 3.05) is 13.1 Å². The molecular weight excluding hydrogens is 224 g/mol. The zero-order valence-corrected chi connectivity index (χ0v) is 10.8. The van der Waals surface area contributed by atoms with Crippen molar-refractivity contribution < 1.29 is 0 Å². The third kappa shape index (κ3) is 3.20. The highest BCUT2D eigenvalue weighted by Gasteiger charge is 2.22. The Morgan fingerprint density at radius 2 is 2.31 bits per heavy atom. The Morgan fingerprint density at radius 1 is 1.56 bits per heavy atom. The van der Waals surface area contributed by atoms with Crippen molar-refractivity contribution in [1.82, 2.24) is 14.7 Å². The van der Waals surface area contributed by atoms with Crippen molar-refractivity contribution in [1.29, 1.82) is 0 Å². The molecule has 1 aliphatic heterocycles. The van der Waals surface area contributed by atoms with Crippen LogP contribution in [-0.4, -0.2) is 33.8 Å². The molecule has 0 aliphatic carbocycles. The van der Waals surface area contributed by atoms with E-state index in [9.17, 15) is 0 Å². The smallest absolute Gasteiger partial charge is 0.0534 e. The summed E-state index contributed by atoms with van der Waals surface area (Å²) in [5.74, 6) is 0.607. The Morgan fingerprint density at radius 3 is 2.88 bits per heavy atom. The van der Waals surface area contributed by atoms with Crippen LogP contribution in [0.15, 0.2) is 12.4 Å². The van der Waals surface area contributed by atoms with Gasteiger partial charge in [0.25, 0.3) is 0 Å². The van der Waals surface area contributed by atoms with Crippen LogP contribution in [0.4, 0.5) is 0 Å². The lowest BCUT2D eigenvalue weighted by atomic mass is 9.95. The van der Waals surface area contributed by atoms with Gasteiger partial charge in [0, 0.05) is 37.9 Å². The largest absolute Gasteiger partial charge is 0.327 e. The summed E-state index contributed by atoms with van der Waals surface area (Å²) in [5.41, 5.74) is 7.29. The molecule has 0 spiro atoms. The third-order valence-corrected chi connectivity index (χ3v) is 3.22. The van der Waals surface area contributed by atoms with Crippen LogP contribution < -0.4 is 5.73 Å². The van der Waals surface area contributed by atoms with Crippen LogP contribution in [0.3, 0.4) is 0 Å². The number of aromatic nitrogens is 2. The van der Waals surface area contributed by atoms with E-state index < -0.39 is 0 Å². The topological polar surface area (TPSA) is 47.1 Å². The summed E-state index contributed by atoms with van der Waals surface area (Å²) in [6.07, 6.45) is 5.14. The van der Waals surface area contributed by atoms with Crippen molar-refractivity contribution >= 4 is 12.4 Å². The first kappa shape index (κ1) is 13.5. The van der Waals surface area contributed by atoms with Gasteiger partial charge in [-0.1, -0.05) is 6.92 Å². The van der Waals surface area contributed by atoms with Crippen molar-refractivity contribution in [2.45, 2.75) is 25.9 Å². The zero-order chi connectivity index (χ0) is 10.8. The lowest BCUT2D eigenvalue weighted by Gasteiger charge is -2.34. The molecule has 16 heavy (non-hydrogen) atoms. The van der Waals surface area contributed by atoms with Gasteiger partial charge < -0.3 is 5.73 Å². The second-order valence-corrected chi connectivity index (χ2v) is 4.69. The van der Waals surface area contributed by atoms with E-state index in [1.807, 2.05) is 17.9 Å². The van der Waals surface area contributed by atoms with E-state index in [0.29, 0.717) is 12.0 Å². The van der Waals surface area contributed by atoms with Crippen LogP contribution in [0.2, 0.25) is 0 Å². The lowest BCUT2D eigenvalue weighted by molar-refractivity contribution is 0.158. The third-order valence-electron chi connectivity index (χ3n) is 3.22. The number of rotatable bonds is 2. The van der Waals surface area contributed by atoms with Gasteiger partial charge in [0.05, 0.1) is 6.20 Å². The number of hydrogen-bond donors (Lipinski definition) is 1. The van der Waals surface area contributed by atoms with Crippen LogP contribution >= 0.6 is 12.4 Å². The van der Waals surface area contributed by atoms with Gasteiger partial charge in [0.15, 0.2) is 0 Å². The molecule has 92 valence electrons. The second-order valence-electron chi connectivity index (χ2n) is 4.69. The Bertz CT molecular complexity index is 326. The molecule has 2 rings (SSSR count). The summed E-state index contributed by atoms with van der Waals surface area (Å²) in [6, 6.07) is 0.384. The molecule has 2 atom stereocenters. The van der Waals surface area contributed by atoms with Crippen LogP contribution in [0.1, 0.15) is 18.9 Å². The number of nitrogens with zero attached hydrogens (tertiary/aromatic N) is 3. The van der Waals surface area contributed by atoms with Crippen molar-refractivity contribution in [3.8, 4) is 0 Å². The molecule has 1 fully saturated rings. The average Bonchev–Trinajstić information content (AvgIpc) is 2.58. The van der Waals surface area contributed by atoms with E-state index in [4.69, 9.17) is 5.73 Å². The maximum absolute atomic E-state index is 5.99. The highest BCUT2D eigenvalue weighted by atomic mass is 35.5. The molecule has 0 radical (unpaired) electrons. The fourth-order valence-electron chi connectivity index (χ4n) is 2.21. The fraction of sp³-hybridized carbons (Fsp3) is 0.727. The van der Waals surface area contributed by atoms with Crippen LogP contribution in [0.5, 0.6) is 0 Å². The van der Waals surface area contributed by atoms with Gasteiger partial charge in [0.1, 0.15) is 0 Å². The highest BCUT2D eigenvalue weighted by molar-refractivity contribution is 5.85. The number of likely N-dealkylation sites (tertiary alicyclic amines) is 1. The fourth-order valence-corrected chi connectivity index (χ4v) is 2.21.